The van der Waals surface area contributed by atoms with E-state index in [0.29, 0.717) is 6.54 Å². The van der Waals surface area contributed by atoms with E-state index in [1.165, 1.54) is 0 Å². The van der Waals surface area contributed by atoms with Crippen molar-refractivity contribution in [3.05, 3.63) is 29.8 Å². The minimum absolute atomic E-state index is 0. The van der Waals surface area contributed by atoms with Gasteiger partial charge in [-0.2, -0.15) is 0 Å². The number of amides is 1. The maximum atomic E-state index is 12.1. The van der Waals surface area contributed by atoms with Crippen LogP contribution in [-0.2, 0) is 11.3 Å². The van der Waals surface area contributed by atoms with Crippen LogP contribution >= 0.6 is 12.4 Å². The molecule has 1 aliphatic heterocycles. The fourth-order valence-electron chi connectivity index (χ4n) is 2.24. The van der Waals surface area contributed by atoms with Crippen LogP contribution in [0.1, 0.15) is 18.4 Å². The van der Waals surface area contributed by atoms with Crippen LogP contribution in [0.2, 0.25) is 0 Å². The van der Waals surface area contributed by atoms with Crippen LogP contribution in [0.15, 0.2) is 24.3 Å². The highest BCUT2D eigenvalue weighted by Crippen LogP contribution is 2.14. The number of hydrogen-bond acceptors (Lipinski definition) is 3. The quantitative estimate of drug-likeness (QED) is 0.917. The second kappa shape index (κ2) is 7.36. The summed E-state index contributed by atoms with van der Waals surface area (Å²) in [4.78, 5) is 13.9. The number of carbonyl (C=O) groups excluding carboxylic acids is 1. The van der Waals surface area contributed by atoms with Crippen molar-refractivity contribution in [2.75, 3.05) is 20.7 Å². The number of likely N-dealkylation sites (N-methyl/N-ethyl adjacent to an activating group) is 1. The third-order valence-corrected chi connectivity index (χ3v) is 3.31. The Bertz CT molecular complexity index is 402. The molecule has 0 aromatic heterocycles. The first kappa shape index (κ1) is 15.8. The number of nitrogens with zero attached hydrogens (tertiary/aromatic N) is 1. The van der Waals surface area contributed by atoms with Gasteiger partial charge in [0.15, 0.2) is 0 Å². The molecule has 19 heavy (non-hydrogen) atoms. The number of hydrogen-bond donors (Lipinski definition) is 1. The molecule has 1 heterocycles. The van der Waals surface area contributed by atoms with Crippen molar-refractivity contribution in [3.8, 4) is 5.75 Å². The third kappa shape index (κ3) is 4.11. The van der Waals surface area contributed by atoms with E-state index in [9.17, 15) is 4.79 Å². The van der Waals surface area contributed by atoms with E-state index in [4.69, 9.17) is 4.74 Å². The summed E-state index contributed by atoms with van der Waals surface area (Å²) in [7, 11) is 3.50. The summed E-state index contributed by atoms with van der Waals surface area (Å²) in [5.41, 5.74) is 1.12. The Balaban J connectivity index is 0.00000180. The lowest BCUT2D eigenvalue weighted by Gasteiger charge is -2.21. The molecule has 1 N–H and O–H groups in total. The Morgan fingerprint density at radius 2 is 2.11 bits per heavy atom. The molecule has 0 aliphatic carbocycles. The third-order valence-electron chi connectivity index (χ3n) is 3.31. The summed E-state index contributed by atoms with van der Waals surface area (Å²) >= 11 is 0. The molecule has 5 heteroatoms. The zero-order chi connectivity index (χ0) is 13.0. The topological polar surface area (TPSA) is 41.6 Å². The molecule has 1 aromatic carbocycles. The van der Waals surface area contributed by atoms with Gasteiger partial charge < -0.3 is 15.0 Å². The van der Waals surface area contributed by atoms with E-state index < -0.39 is 0 Å². The average Bonchev–Trinajstić information content (AvgIpc) is 2.92. The molecule has 1 amide bonds. The number of nitrogens with one attached hydrogen (secondary N) is 1. The van der Waals surface area contributed by atoms with E-state index in [1.54, 1.807) is 12.0 Å². The minimum atomic E-state index is 0. The molecule has 106 valence electrons. The molecule has 0 bridgehead atoms. The first-order chi connectivity index (χ1) is 8.70. The van der Waals surface area contributed by atoms with Gasteiger partial charge in [0, 0.05) is 13.6 Å². The molecule has 1 saturated heterocycles. The van der Waals surface area contributed by atoms with Crippen LogP contribution in [0.3, 0.4) is 0 Å². The van der Waals surface area contributed by atoms with Crippen molar-refractivity contribution in [1.82, 2.24) is 10.2 Å². The fraction of sp³-hybridized carbons (Fsp3) is 0.500. The van der Waals surface area contributed by atoms with Gasteiger partial charge in [-0.1, -0.05) is 12.1 Å². The summed E-state index contributed by atoms with van der Waals surface area (Å²) in [6.07, 6.45) is 2.04. The Labute approximate surface area is 120 Å². The van der Waals surface area contributed by atoms with Gasteiger partial charge in [-0.25, -0.2) is 0 Å². The predicted octanol–water partition coefficient (Wildman–Crippen LogP) is 1.83. The van der Waals surface area contributed by atoms with Crippen molar-refractivity contribution < 1.29 is 9.53 Å². The number of carbonyl (C=O) groups is 1. The number of methoxy groups -OCH3 is 1. The smallest absolute Gasteiger partial charge is 0.239 e. The van der Waals surface area contributed by atoms with Gasteiger partial charge in [-0.15, -0.1) is 12.4 Å². The van der Waals surface area contributed by atoms with Crippen LogP contribution in [-0.4, -0.2) is 37.6 Å². The molecule has 1 atom stereocenters. The number of halogens is 1. The highest BCUT2D eigenvalue weighted by atomic mass is 35.5. The van der Waals surface area contributed by atoms with E-state index in [1.807, 2.05) is 31.3 Å². The lowest BCUT2D eigenvalue weighted by atomic mass is 10.1. The van der Waals surface area contributed by atoms with E-state index >= 15 is 0 Å². The fourth-order valence-corrected chi connectivity index (χ4v) is 2.24. The monoisotopic (exact) mass is 284 g/mol. The SMILES string of the molecule is COc1ccc(CN(C)C(=O)[C@@H]2CCCN2)cc1.Cl. The molecule has 4 nitrogen and oxygen atoms in total. The molecular weight excluding hydrogens is 264 g/mol. The van der Waals surface area contributed by atoms with Crippen LogP contribution < -0.4 is 10.1 Å². The van der Waals surface area contributed by atoms with Crippen molar-refractivity contribution in [2.45, 2.75) is 25.4 Å². The second-order valence-electron chi connectivity index (χ2n) is 4.69. The van der Waals surface area contributed by atoms with Crippen molar-refractivity contribution in [3.63, 3.8) is 0 Å². The summed E-state index contributed by atoms with van der Waals surface area (Å²) < 4.78 is 5.11. The van der Waals surface area contributed by atoms with Gasteiger partial charge in [0.2, 0.25) is 5.91 Å². The van der Waals surface area contributed by atoms with Crippen LogP contribution in [0, 0.1) is 0 Å². The average molecular weight is 285 g/mol. The molecule has 0 unspecified atom stereocenters. The number of benzene rings is 1. The highest BCUT2D eigenvalue weighted by molar-refractivity contribution is 5.85. The lowest BCUT2D eigenvalue weighted by molar-refractivity contribution is -0.132. The van der Waals surface area contributed by atoms with E-state index in [-0.39, 0.29) is 24.4 Å². The van der Waals surface area contributed by atoms with Gasteiger partial charge in [0.25, 0.3) is 0 Å². The molecule has 1 aromatic rings. The molecular formula is C14H21ClN2O2. The highest BCUT2D eigenvalue weighted by Gasteiger charge is 2.24. The van der Waals surface area contributed by atoms with Crippen molar-refractivity contribution in [1.29, 1.82) is 0 Å². The Kier molecular flexibility index (Phi) is 6.12. The molecule has 0 radical (unpaired) electrons. The maximum Gasteiger partial charge on any atom is 0.239 e. The van der Waals surface area contributed by atoms with Crippen LogP contribution in [0.4, 0.5) is 0 Å². The van der Waals surface area contributed by atoms with E-state index in [2.05, 4.69) is 5.32 Å². The molecule has 2 rings (SSSR count). The van der Waals surface area contributed by atoms with E-state index in [0.717, 1.165) is 30.7 Å². The van der Waals surface area contributed by atoms with Gasteiger partial charge in [0.1, 0.15) is 5.75 Å². The van der Waals surface area contributed by atoms with Crippen molar-refractivity contribution >= 4 is 18.3 Å². The summed E-state index contributed by atoms with van der Waals surface area (Å²) in [6, 6.07) is 7.83. The largest absolute Gasteiger partial charge is 0.497 e. The normalized spacial score (nSPS) is 17.7. The molecule has 1 aliphatic rings. The minimum Gasteiger partial charge on any atom is -0.497 e. The summed E-state index contributed by atoms with van der Waals surface area (Å²) in [5, 5.41) is 3.23. The van der Waals surface area contributed by atoms with Crippen LogP contribution in [0.5, 0.6) is 5.75 Å². The zero-order valence-electron chi connectivity index (χ0n) is 11.4. The predicted molar refractivity (Wildman–Crippen MR) is 77.7 cm³/mol. The van der Waals surface area contributed by atoms with Gasteiger partial charge in [-0.3, -0.25) is 4.79 Å². The van der Waals surface area contributed by atoms with Gasteiger partial charge in [-0.05, 0) is 37.1 Å². The lowest BCUT2D eigenvalue weighted by Crippen LogP contribution is -2.41. The van der Waals surface area contributed by atoms with Crippen LogP contribution in [0.25, 0.3) is 0 Å². The number of rotatable bonds is 4. The molecule has 1 fully saturated rings. The Morgan fingerprint density at radius 1 is 1.42 bits per heavy atom. The zero-order valence-corrected chi connectivity index (χ0v) is 12.2. The Hall–Kier alpha value is -1.26. The molecule has 0 spiro atoms. The molecule has 0 saturated carbocycles. The Morgan fingerprint density at radius 3 is 2.63 bits per heavy atom. The standard InChI is InChI=1S/C14H20N2O2.ClH/c1-16(14(17)13-4-3-9-15-13)10-11-5-7-12(18-2)8-6-11;/h5-8,13,15H,3-4,9-10H2,1-2H3;1H/t13-;/m0./s1. The first-order valence-corrected chi connectivity index (χ1v) is 6.32. The maximum absolute atomic E-state index is 12.1. The number of ether oxygens (including phenoxy) is 1. The first-order valence-electron chi connectivity index (χ1n) is 6.32. The second-order valence-corrected chi connectivity index (χ2v) is 4.69. The van der Waals surface area contributed by atoms with Gasteiger partial charge in [0.05, 0.1) is 13.2 Å². The summed E-state index contributed by atoms with van der Waals surface area (Å²) in [6.45, 7) is 1.59. The van der Waals surface area contributed by atoms with Gasteiger partial charge >= 0.3 is 0 Å². The summed E-state index contributed by atoms with van der Waals surface area (Å²) in [5.74, 6) is 1.02. The van der Waals surface area contributed by atoms with Crippen molar-refractivity contribution in [2.24, 2.45) is 0 Å².